The molecule has 4 rings (SSSR count). The minimum absolute atomic E-state index is 0.0370. The van der Waals surface area contributed by atoms with Crippen molar-refractivity contribution in [2.45, 2.75) is 6.42 Å². The van der Waals surface area contributed by atoms with Gasteiger partial charge in [0.15, 0.2) is 11.1 Å². The zero-order valence-corrected chi connectivity index (χ0v) is 12.9. The van der Waals surface area contributed by atoms with Gasteiger partial charge in [-0.25, -0.2) is 4.98 Å². The van der Waals surface area contributed by atoms with E-state index in [1.807, 2.05) is 6.07 Å². The molecule has 4 nitrogen and oxygen atoms in total. The Morgan fingerprint density at radius 3 is 2.91 bits per heavy atom. The summed E-state index contributed by atoms with van der Waals surface area (Å²) in [5.41, 5.74) is 1.77. The number of nitrogens with zero attached hydrogens (tertiary/aromatic N) is 2. The second-order valence-electron chi connectivity index (χ2n) is 4.99. The van der Waals surface area contributed by atoms with Crippen LogP contribution in [0.2, 0.25) is 10.0 Å². The molecule has 0 amide bonds. The predicted molar refractivity (Wildman–Crippen MR) is 86.6 cm³/mol. The average molecular weight is 333 g/mol. The highest BCUT2D eigenvalue weighted by molar-refractivity contribution is 6.43. The van der Waals surface area contributed by atoms with E-state index in [-0.39, 0.29) is 5.43 Å². The van der Waals surface area contributed by atoms with Crippen molar-refractivity contribution in [2.24, 2.45) is 0 Å². The van der Waals surface area contributed by atoms with E-state index >= 15 is 0 Å². The molecule has 0 N–H and O–H groups in total. The van der Waals surface area contributed by atoms with Gasteiger partial charge in [-0.1, -0.05) is 29.3 Å². The number of halogens is 2. The first kappa shape index (κ1) is 13.6. The van der Waals surface area contributed by atoms with Crippen LogP contribution in [0.15, 0.2) is 41.3 Å². The molecule has 1 aromatic carbocycles. The molecule has 0 atom stereocenters. The van der Waals surface area contributed by atoms with Gasteiger partial charge in [-0.15, -0.1) is 0 Å². The summed E-state index contributed by atoms with van der Waals surface area (Å²) < 4.78 is 7.46. The van der Waals surface area contributed by atoms with Gasteiger partial charge in [-0.2, -0.15) is 0 Å². The maximum atomic E-state index is 12.6. The molecule has 3 heterocycles. The molecule has 3 aromatic rings. The van der Waals surface area contributed by atoms with Gasteiger partial charge >= 0.3 is 0 Å². The monoisotopic (exact) mass is 332 g/mol. The minimum Gasteiger partial charge on any atom is -0.478 e. The van der Waals surface area contributed by atoms with Crippen LogP contribution < -0.4 is 10.2 Å². The van der Waals surface area contributed by atoms with E-state index in [1.165, 1.54) is 0 Å². The molecule has 6 heteroatoms. The molecule has 0 aliphatic carbocycles. The Morgan fingerprint density at radius 2 is 2.05 bits per heavy atom. The lowest BCUT2D eigenvalue weighted by molar-refractivity contribution is 0.338. The fourth-order valence-electron chi connectivity index (χ4n) is 2.75. The quantitative estimate of drug-likeness (QED) is 0.683. The number of hydrogen-bond donors (Lipinski definition) is 0. The predicted octanol–water partition coefficient (Wildman–Crippen LogP) is 3.63. The fraction of sp³-hybridized carbons (Fsp3) is 0.125. The molecule has 0 fully saturated rings. The smallest absolute Gasteiger partial charge is 0.207 e. The zero-order chi connectivity index (χ0) is 15.3. The number of hydrogen-bond acceptors (Lipinski definition) is 3. The molecule has 0 radical (unpaired) electrons. The summed E-state index contributed by atoms with van der Waals surface area (Å²) in [7, 11) is 0. The fourth-order valence-corrected chi connectivity index (χ4v) is 3.13. The van der Waals surface area contributed by atoms with Crippen LogP contribution in [0, 0.1) is 0 Å². The Morgan fingerprint density at radius 1 is 1.18 bits per heavy atom. The van der Waals surface area contributed by atoms with E-state index in [4.69, 9.17) is 27.9 Å². The molecule has 1 aliphatic heterocycles. The largest absolute Gasteiger partial charge is 0.478 e. The van der Waals surface area contributed by atoms with Crippen LogP contribution in [0.5, 0.6) is 5.88 Å². The van der Waals surface area contributed by atoms with E-state index < -0.39 is 0 Å². The van der Waals surface area contributed by atoms with Crippen molar-refractivity contribution in [3.05, 3.63) is 62.4 Å². The highest BCUT2D eigenvalue weighted by Crippen LogP contribution is 2.35. The summed E-state index contributed by atoms with van der Waals surface area (Å²) in [6, 6.07) is 8.85. The number of aromatic nitrogens is 2. The van der Waals surface area contributed by atoms with Gasteiger partial charge in [0.2, 0.25) is 5.88 Å². The van der Waals surface area contributed by atoms with Crippen molar-refractivity contribution in [1.29, 1.82) is 0 Å². The lowest BCUT2D eigenvalue weighted by Gasteiger charge is -2.16. The first-order chi connectivity index (χ1) is 10.7. The molecule has 0 saturated heterocycles. The zero-order valence-electron chi connectivity index (χ0n) is 11.3. The summed E-state index contributed by atoms with van der Waals surface area (Å²) in [4.78, 5) is 16.9. The van der Waals surface area contributed by atoms with Gasteiger partial charge in [0.05, 0.1) is 33.3 Å². The van der Waals surface area contributed by atoms with Crippen molar-refractivity contribution < 1.29 is 4.74 Å². The molecule has 110 valence electrons. The standard InChI is InChI=1S/C16H10Cl2N2O2/c17-11-4-1-5-12(13(11)18)20-15-9(3-2-7-19-15)14(21)10-6-8-22-16(10)20/h1-5,7H,6,8H2. The maximum absolute atomic E-state index is 12.6. The molecule has 0 bridgehead atoms. The van der Waals surface area contributed by atoms with E-state index in [9.17, 15) is 4.79 Å². The van der Waals surface area contributed by atoms with Gasteiger partial charge in [0.1, 0.15) is 0 Å². The van der Waals surface area contributed by atoms with E-state index in [0.717, 1.165) is 0 Å². The van der Waals surface area contributed by atoms with Gasteiger partial charge in [0, 0.05) is 12.6 Å². The van der Waals surface area contributed by atoms with Crippen LogP contribution in [-0.4, -0.2) is 16.2 Å². The number of pyridine rings is 2. The van der Waals surface area contributed by atoms with Crippen LogP contribution in [0.25, 0.3) is 16.7 Å². The SMILES string of the molecule is O=c1c2c(n(-c3cccc(Cl)c3Cl)c3ncccc13)OCC2. The summed E-state index contributed by atoms with van der Waals surface area (Å²) >= 11 is 12.5. The number of fused-ring (bicyclic) bond motifs is 2. The van der Waals surface area contributed by atoms with Crippen molar-refractivity contribution >= 4 is 34.2 Å². The molecule has 2 aromatic heterocycles. The van der Waals surface area contributed by atoms with Crippen LogP contribution in [-0.2, 0) is 6.42 Å². The third-order valence-electron chi connectivity index (χ3n) is 3.74. The van der Waals surface area contributed by atoms with Gasteiger partial charge in [-0.3, -0.25) is 9.36 Å². The Kier molecular flexibility index (Phi) is 3.10. The number of rotatable bonds is 1. The topological polar surface area (TPSA) is 44.1 Å². The minimum atomic E-state index is -0.0370. The highest BCUT2D eigenvalue weighted by Gasteiger charge is 2.25. The Hall–Kier alpha value is -2.04. The van der Waals surface area contributed by atoms with Gasteiger partial charge < -0.3 is 4.74 Å². The lowest BCUT2D eigenvalue weighted by atomic mass is 10.1. The molecule has 1 aliphatic rings. The maximum Gasteiger partial charge on any atom is 0.207 e. The van der Waals surface area contributed by atoms with Crippen molar-refractivity contribution in [1.82, 2.24) is 9.55 Å². The Balaban J connectivity index is 2.21. The van der Waals surface area contributed by atoms with E-state index in [1.54, 1.807) is 35.0 Å². The van der Waals surface area contributed by atoms with Crippen LogP contribution in [0.3, 0.4) is 0 Å². The molecule has 0 unspecified atom stereocenters. The molecular weight excluding hydrogens is 323 g/mol. The van der Waals surface area contributed by atoms with E-state index in [0.29, 0.717) is 51.2 Å². The average Bonchev–Trinajstić information content (AvgIpc) is 3.01. The van der Waals surface area contributed by atoms with Crippen LogP contribution >= 0.6 is 23.2 Å². The molecule has 22 heavy (non-hydrogen) atoms. The third-order valence-corrected chi connectivity index (χ3v) is 4.55. The van der Waals surface area contributed by atoms with Crippen LogP contribution in [0.1, 0.15) is 5.56 Å². The highest BCUT2D eigenvalue weighted by atomic mass is 35.5. The molecule has 0 spiro atoms. The summed E-state index contributed by atoms with van der Waals surface area (Å²) in [6.07, 6.45) is 2.22. The second-order valence-corrected chi connectivity index (χ2v) is 5.78. The first-order valence-corrected chi connectivity index (χ1v) is 7.54. The number of ether oxygens (including phenoxy) is 1. The van der Waals surface area contributed by atoms with Crippen molar-refractivity contribution in [3.8, 4) is 11.6 Å². The second kappa shape index (κ2) is 5.00. The normalized spacial score (nSPS) is 13.2. The lowest BCUT2D eigenvalue weighted by Crippen LogP contribution is -2.14. The Bertz CT molecular complexity index is 966. The summed E-state index contributed by atoms with van der Waals surface area (Å²) in [5, 5.41) is 1.38. The van der Waals surface area contributed by atoms with Crippen LogP contribution in [0.4, 0.5) is 0 Å². The molecule has 0 saturated carbocycles. The first-order valence-electron chi connectivity index (χ1n) is 6.78. The van der Waals surface area contributed by atoms with Gasteiger partial charge in [-0.05, 0) is 24.3 Å². The number of benzene rings is 1. The third kappa shape index (κ3) is 1.84. The van der Waals surface area contributed by atoms with Crippen molar-refractivity contribution in [2.75, 3.05) is 6.61 Å². The van der Waals surface area contributed by atoms with Crippen molar-refractivity contribution in [3.63, 3.8) is 0 Å². The Labute approximate surface area is 135 Å². The summed E-state index contributed by atoms with van der Waals surface area (Å²) in [5.74, 6) is 0.500. The molecular formula is C16H10Cl2N2O2. The summed E-state index contributed by atoms with van der Waals surface area (Å²) in [6.45, 7) is 0.471. The van der Waals surface area contributed by atoms with Gasteiger partial charge in [0.25, 0.3) is 0 Å². The van der Waals surface area contributed by atoms with E-state index in [2.05, 4.69) is 4.98 Å².